The Morgan fingerprint density at radius 1 is 1.09 bits per heavy atom. The van der Waals surface area contributed by atoms with Gasteiger partial charge in [0.05, 0.1) is 11.1 Å². The van der Waals surface area contributed by atoms with Gasteiger partial charge in [-0.2, -0.15) is 0 Å². The summed E-state index contributed by atoms with van der Waals surface area (Å²) in [6.07, 6.45) is 5.34. The van der Waals surface area contributed by atoms with Crippen LogP contribution in [0.2, 0.25) is 0 Å². The average molecular weight is 300 g/mol. The predicted octanol–water partition coefficient (Wildman–Crippen LogP) is 2.12. The van der Waals surface area contributed by atoms with E-state index in [1.807, 2.05) is 0 Å². The minimum absolute atomic E-state index is 0.0171. The second kappa shape index (κ2) is 6.30. The number of hydrogen-bond donors (Lipinski definition) is 1. The van der Waals surface area contributed by atoms with Gasteiger partial charge in [0.25, 0.3) is 11.8 Å². The molecule has 2 aliphatic rings. The molecule has 1 aromatic carbocycles. The Morgan fingerprint density at radius 3 is 2.27 bits per heavy atom. The monoisotopic (exact) mass is 300 g/mol. The van der Waals surface area contributed by atoms with Crippen LogP contribution in [0.25, 0.3) is 0 Å². The number of rotatable bonds is 5. The molecule has 1 aromatic rings. The number of benzene rings is 1. The van der Waals surface area contributed by atoms with Crippen LogP contribution in [0.1, 0.15) is 59.2 Å². The minimum atomic E-state index is -0.253. The van der Waals surface area contributed by atoms with Crippen molar-refractivity contribution in [3.63, 3.8) is 0 Å². The van der Waals surface area contributed by atoms with Crippen LogP contribution in [0, 0.1) is 0 Å². The van der Waals surface area contributed by atoms with E-state index in [-0.39, 0.29) is 17.7 Å². The highest BCUT2D eigenvalue weighted by Crippen LogP contribution is 2.22. The SMILES string of the molecule is O=C(CCCN1C(=O)c2ccccc2C1=O)NC1CCCC1. The Hall–Kier alpha value is -2.17. The molecule has 0 bridgehead atoms. The number of amides is 3. The zero-order chi connectivity index (χ0) is 15.5. The third-order valence-electron chi connectivity index (χ3n) is 4.38. The van der Waals surface area contributed by atoms with Gasteiger partial charge in [-0.1, -0.05) is 25.0 Å². The molecular weight excluding hydrogens is 280 g/mol. The number of carbonyl (C=O) groups is 3. The molecule has 3 amide bonds. The molecule has 0 unspecified atom stereocenters. The van der Waals surface area contributed by atoms with E-state index in [4.69, 9.17) is 0 Å². The Balaban J connectivity index is 1.49. The Labute approximate surface area is 129 Å². The lowest BCUT2D eigenvalue weighted by atomic mass is 10.1. The molecule has 0 atom stereocenters. The van der Waals surface area contributed by atoms with Crippen LogP contribution in [-0.4, -0.2) is 35.2 Å². The van der Waals surface area contributed by atoms with E-state index in [2.05, 4.69) is 5.32 Å². The highest BCUT2D eigenvalue weighted by molar-refractivity contribution is 6.21. The van der Waals surface area contributed by atoms with Crippen LogP contribution in [0.15, 0.2) is 24.3 Å². The van der Waals surface area contributed by atoms with Gasteiger partial charge in [0.1, 0.15) is 0 Å². The summed E-state index contributed by atoms with van der Waals surface area (Å²) in [6, 6.07) is 7.15. The molecule has 1 fully saturated rings. The number of carbonyl (C=O) groups excluding carboxylic acids is 3. The summed E-state index contributed by atoms with van der Waals surface area (Å²) in [7, 11) is 0. The lowest BCUT2D eigenvalue weighted by Gasteiger charge is -2.15. The molecule has 5 heteroatoms. The van der Waals surface area contributed by atoms with Crippen LogP contribution in [0.5, 0.6) is 0 Å². The minimum Gasteiger partial charge on any atom is -0.353 e. The number of nitrogens with one attached hydrogen (secondary N) is 1. The van der Waals surface area contributed by atoms with E-state index in [1.54, 1.807) is 24.3 Å². The van der Waals surface area contributed by atoms with Gasteiger partial charge < -0.3 is 5.32 Å². The maximum atomic E-state index is 12.2. The third-order valence-corrected chi connectivity index (χ3v) is 4.38. The highest BCUT2D eigenvalue weighted by atomic mass is 16.2. The standard InChI is InChI=1S/C17H20N2O3/c20-15(18-12-6-1-2-7-12)10-5-11-19-16(21)13-8-3-4-9-14(13)17(19)22/h3-4,8-9,12H,1-2,5-7,10-11H2,(H,18,20). The van der Waals surface area contributed by atoms with Crippen molar-refractivity contribution in [3.05, 3.63) is 35.4 Å². The number of nitrogens with zero attached hydrogens (tertiary/aromatic N) is 1. The Kier molecular flexibility index (Phi) is 4.22. The first kappa shape index (κ1) is 14.8. The summed E-state index contributed by atoms with van der Waals surface area (Å²) in [5, 5.41) is 3.02. The molecule has 116 valence electrons. The molecule has 1 heterocycles. The van der Waals surface area contributed by atoms with E-state index >= 15 is 0 Å². The van der Waals surface area contributed by atoms with Gasteiger partial charge in [-0.3, -0.25) is 19.3 Å². The summed E-state index contributed by atoms with van der Waals surface area (Å²) >= 11 is 0. The molecule has 0 aromatic heterocycles. The lowest BCUT2D eigenvalue weighted by molar-refractivity contribution is -0.121. The molecular formula is C17H20N2O3. The van der Waals surface area contributed by atoms with Crippen molar-refractivity contribution in [1.29, 1.82) is 0 Å². The van der Waals surface area contributed by atoms with E-state index in [0.29, 0.717) is 36.6 Å². The van der Waals surface area contributed by atoms with Crippen LogP contribution >= 0.6 is 0 Å². The highest BCUT2D eigenvalue weighted by Gasteiger charge is 2.34. The fourth-order valence-corrected chi connectivity index (χ4v) is 3.21. The maximum Gasteiger partial charge on any atom is 0.261 e. The second-order valence-corrected chi connectivity index (χ2v) is 5.96. The lowest BCUT2D eigenvalue weighted by Crippen LogP contribution is -2.34. The maximum absolute atomic E-state index is 12.2. The Bertz CT molecular complexity index is 571. The van der Waals surface area contributed by atoms with E-state index in [0.717, 1.165) is 12.8 Å². The van der Waals surface area contributed by atoms with Gasteiger partial charge in [0, 0.05) is 19.0 Å². The second-order valence-electron chi connectivity index (χ2n) is 5.96. The summed E-state index contributed by atoms with van der Waals surface area (Å²) in [4.78, 5) is 37.4. The largest absolute Gasteiger partial charge is 0.353 e. The van der Waals surface area contributed by atoms with E-state index in [1.165, 1.54) is 17.7 Å². The van der Waals surface area contributed by atoms with Gasteiger partial charge in [-0.25, -0.2) is 0 Å². The van der Waals surface area contributed by atoms with Crippen LogP contribution in [-0.2, 0) is 4.79 Å². The zero-order valence-corrected chi connectivity index (χ0v) is 12.5. The molecule has 0 saturated heterocycles. The molecule has 0 radical (unpaired) electrons. The topological polar surface area (TPSA) is 66.5 Å². The third kappa shape index (κ3) is 2.89. The van der Waals surface area contributed by atoms with Gasteiger partial charge in [0.15, 0.2) is 0 Å². The zero-order valence-electron chi connectivity index (χ0n) is 12.5. The predicted molar refractivity (Wildman–Crippen MR) is 81.4 cm³/mol. The first-order chi connectivity index (χ1) is 10.7. The quantitative estimate of drug-likeness (QED) is 0.847. The van der Waals surface area contributed by atoms with Crippen LogP contribution in [0.3, 0.4) is 0 Å². The Morgan fingerprint density at radius 2 is 1.68 bits per heavy atom. The number of imide groups is 1. The van der Waals surface area contributed by atoms with Gasteiger partial charge >= 0.3 is 0 Å². The van der Waals surface area contributed by atoms with Crippen molar-refractivity contribution >= 4 is 17.7 Å². The van der Waals surface area contributed by atoms with Crippen molar-refractivity contribution in [1.82, 2.24) is 10.2 Å². The normalized spacial score (nSPS) is 17.9. The molecule has 0 spiro atoms. The van der Waals surface area contributed by atoms with Crippen molar-refractivity contribution in [2.75, 3.05) is 6.54 Å². The average Bonchev–Trinajstić information content (AvgIpc) is 3.10. The molecule has 3 rings (SSSR count). The summed E-state index contributed by atoms with van der Waals surface area (Å²) < 4.78 is 0. The van der Waals surface area contributed by atoms with Crippen molar-refractivity contribution in [2.24, 2.45) is 0 Å². The van der Waals surface area contributed by atoms with Crippen molar-refractivity contribution in [3.8, 4) is 0 Å². The fraction of sp³-hybridized carbons (Fsp3) is 0.471. The van der Waals surface area contributed by atoms with Gasteiger partial charge in [0.2, 0.25) is 5.91 Å². The smallest absolute Gasteiger partial charge is 0.261 e. The van der Waals surface area contributed by atoms with E-state index < -0.39 is 0 Å². The number of fused-ring (bicyclic) bond motifs is 1. The first-order valence-electron chi connectivity index (χ1n) is 7.91. The molecule has 1 aliphatic heterocycles. The van der Waals surface area contributed by atoms with Crippen molar-refractivity contribution < 1.29 is 14.4 Å². The molecule has 5 nitrogen and oxygen atoms in total. The first-order valence-corrected chi connectivity index (χ1v) is 7.91. The molecule has 1 saturated carbocycles. The summed E-state index contributed by atoms with van der Waals surface area (Å²) in [6.45, 7) is 0.296. The van der Waals surface area contributed by atoms with E-state index in [9.17, 15) is 14.4 Å². The molecule has 1 N–H and O–H groups in total. The van der Waals surface area contributed by atoms with Crippen LogP contribution in [0.4, 0.5) is 0 Å². The van der Waals surface area contributed by atoms with Gasteiger partial charge in [-0.05, 0) is 31.4 Å². The summed E-state index contributed by atoms with van der Waals surface area (Å²) in [5.74, 6) is -0.489. The molecule has 22 heavy (non-hydrogen) atoms. The van der Waals surface area contributed by atoms with Gasteiger partial charge in [-0.15, -0.1) is 0 Å². The summed E-state index contributed by atoms with van der Waals surface area (Å²) in [5.41, 5.74) is 0.922. The number of hydrogen-bond acceptors (Lipinski definition) is 3. The fourth-order valence-electron chi connectivity index (χ4n) is 3.21. The molecule has 1 aliphatic carbocycles. The van der Waals surface area contributed by atoms with Crippen molar-refractivity contribution in [2.45, 2.75) is 44.6 Å². The van der Waals surface area contributed by atoms with Crippen LogP contribution < -0.4 is 5.32 Å².